The standard InChI is InChI=1S/C23H15ClFNO3/c24-15-12-10-14(11-13-15)21(27)19-20(17-8-4-5-9-18(17)25)26(23(29)22(19)28)16-6-2-1-3-7-16/h1-13,20,27H/t20-/m1/s1. The summed E-state index contributed by atoms with van der Waals surface area (Å²) in [6.45, 7) is 0. The summed E-state index contributed by atoms with van der Waals surface area (Å²) in [5.74, 6) is -2.68. The van der Waals surface area contributed by atoms with Gasteiger partial charge >= 0.3 is 0 Å². The lowest BCUT2D eigenvalue weighted by atomic mass is 9.94. The molecule has 144 valence electrons. The second-order valence-corrected chi connectivity index (χ2v) is 6.97. The second kappa shape index (κ2) is 7.53. The van der Waals surface area contributed by atoms with Gasteiger partial charge in [-0.25, -0.2) is 4.39 Å². The van der Waals surface area contributed by atoms with Crippen LogP contribution in [0, 0.1) is 5.82 Å². The van der Waals surface area contributed by atoms with E-state index in [4.69, 9.17) is 11.6 Å². The second-order valence-electron chi connectivity index (χ2n) is 6.53. The third kappa shape index (κ3) is 3.30. The van der Waals surface area contributed by atoms with E-state index in [-0.39, 0.29) is 16.9 Å². The molecule has 3 aromatic rings. The number of hydrogen-bond donors (Lipinski definition) is 1. The molecule has 0 aliphatic carbocycles. The quantitative estimate of drug-likeness (QED) is 0.373. The van der Waals surface area contributed by atoms with Gasteiger partial charge < -0.3 is 5.11 Å². The lowest BCUT2D eigenvalue weighted by molar-refractivity contribution is -0.132. The van der Waals surface area contributed by atoms with Gasteiger partial charge in [-0.3, -0.25) is 14.5 Å². The van der Waals surface area contributed by atoms with Crippen molar-refractivity contribution in [2.45, 2.75) is 6.04 Å². The van der Waals surface area contributed by atoms with Gasteiger partial charge in [-0.15, -0.1) is 0 Å². The number of hydrogen-bond acceptors (Lipinski definition) is 3. The summed E-state index contributed by atoms with van der Waals surface area (Å²) in [6, 6.07) is 19.5. The number of ketones is 1. The third-order valence-corrected chi connectivity index (χ3v) is 5.05. The molecule has 0 spiro atoms. The van der Waals surface area contributed by atoms with Gasteiger partial charge in [0.15, 0.2) is 0 Å². The molecular formula is C23H15ClFNO3. The molecule has 1 saturated heterocycles. The van der Waals surface area contributed by atoms with Crippen LogP contribution in [0.2, 0.25) is 5.02 Å². The number of carbonyl (C=O) groups is 2. The molecule has 4 nitrogen and oxygen atoms in total. The monoisotopic (exact) mass is 407 g/mol. The lowest BCUT2D eigenvalue weighted by Gasteiger charge is -2.25. The van der Waals surface area contributed by atoms with Crippen LogP contribution >= 0.6 is 11.6 Å². The number of rotatable bonds is 3. The molecule has 1 amide bonds. The zero-order valence-corrected chi connectivity index (χ0v) is 15.8. The molecule has 6 heteroatoms. The molecule has 1 fully saturated rings. The van der Waals surface area contributed by atoms with Crippen LogP contribution < -0.4 is 4.90 Å². The normalized spacial score (nSPS) is 18.3. The van der Waals surface area contributed by atoms with Crippen LogP contribution in [-0.4, -0.2) is 16.8 Å². The Balaban J connectivity index is 1.97. The van der Waals surface area contributed by atoms with E-state index >= 15 is 0 Å². The summed E-state index contributed by atoms with van der Waals surface area (Å²) >= 11 is 5.90. The summed E-state index contributed by atoms with van der Waals surface area (Å²) < 4.78 is 14.7. The zero-order chi connectivity index (χ0) is 20.5. The number of aliphatic hydroxyl groups is 1. The topological polar surface area (TPSA) is 57.6 Å². The SMILES string of the molecule is O=C1C(=O)N(c2ccccc2)[C@H](c2ccccc2F)C1=C(O)c1ccc(Cl)cc1. The number of para-hydroxylation sites is 1. The first-order valence-corrected chi connectivity index (χ1v) is 9.23. The highest BCUT2D eigenvalue weighted by molar-refractivity contribution is 6.51. The summed E-state index contributed by atoms with van der Waals surface area (Å²) in [4.78, 5) is 27.0. The summed E-state index contributed by atoms with van der Waals surface area (Å²) in [6.07, 6.45) is 0. The maximum atomic E-state index is 14.7. The summed E-state index contributed by atoms with van der Waals surface area (Å²) in [5, 5.41) is 11.4. The van der Waals surface area contributed by atoms with Gasteiger partial charge in [0.1, 0.15) is 11.6 Å². The van der Waals surface area contributed by atoms with Crippen molar-refractivity contribution in [2.24, 2.45) is 0 Å². The molecule has 1 atom stereocenters. The van der Waals surface area contributed by atoms with Crippen LogP contribution in [0.3, 0.4) is 0 Å². The summed E-state index contributed by atoms with van der Waals surface area (Å²) in [5.41, 5.74) is 0.678. The van der Waals surface area contributed by atoms with E-state index in [1.807, 2.05) is 0 Å². The molecule has 1 aliphatic heterocycles. The molecule has 4 rings (SSSR count). The third-order valence-electron chi connectivity index (χ3n) is 4.80. The van der Waals surface area contributed by atoms with Crippen LogP contribution in [0.5, 0.6) is 0 Å². The van der Waals surface area contributed by atoms with Gasteiger partial charge in [-0.1, -0.05) is 48.0 Å². The fourth-order valence-electron chi connectivity index (χ4n) is 3.44. The van der Waals surface area contributed by atoms with E-state index in [2.05, 4.69) is 0 Å². The average Bonchev–Trinajstić information content (AvgIpc) is 3.00. The molecule has 3 aromatic carbocycles. The molecule has 29 heavy (non-hydrogen) atoms. The first-order valence-electron chi connectivity index (χ1n) is 8.85. The number of halogens is 2. The number of anilines is 1. The Labute approximate surface area is 171 Å². The first kappa shape index (κ1) is 18.9. The number of Topliss-reactive ketones (excluding diaryl/α,β-unsaturated/α-hetero) is 1. The van der Waals surface area contributed by atoms with E-state index in [9.17, 15) is 19.1 Å². The minimum absolute atomic E-state index is 0.117. The molecule has 0 aromatic heterocycles. The van der Waals surface area contributed by atoms with Gasteiger partial charge in [-0.2, -0.15) is 0 Å². The van der Waals surface area contributed by atoms with Gasteiger partial charge in [0.05, 0.1) is 11.6 Å². The summed E-state index contributed by atoms with van der Waals surface area (Å²) in [7, 11) is 0. The molecule has 0 bridgehead atoms. The number of nitrogens with zero attached hydrogens (tertiary/aromatic N) is 1. The van der Waals surface area contributed by atoms with Crippen molar-refractivity contribution < 1.29 is 19.1 Å². The van der Waals surface area contributed by atoms with Gasteiger partial charge in [0.25, 0.3) is 11.7 Å². The van der Waals surface area contributed by atoms with Crippen molar-refractivity contribution in [3.05, 3.63) is 106 Å². The van der Waals surface area contributed by atoms with E-state index in [0.29, 0.717) is 16.3 Å². The van der Waals surface area contributed by atoms with Crippen molar-refractivity contribution in [1.29, 1.82) is 0 Å². The Morgan fingerprint density at radius 3 is 2.17 bits per heavy atom. The minimum atomic E-state index is -1.10. The Hall–Kier alpha value is -3.44. The minimum Gasteiger partial charge on any atom is -0.507 e. The highest BCUT2D eigenvalue weighted by Gasteiger charge is 2.47. The maximum Gasteiger partial charge on any atom is 0.300 e. The highest BCUT2D eigenvalue weighted by atomic mass is 35.5. The van der Waals surface area contributed by atoms with Gasteiger partial charge in [0.2, 0.25) is 0 Å². The lowest BCUT2D eigenvalue weighted by Crippen LogP contribution is -2.29. The predicted molar refractivity (Wildman–Crippen MR) is 109 cm³/mol. The van der Waals surface area contributed by atoms with Crippen LogP contribution in [0.25, 0.3) is 5.76 Å². The first-order chi connectivity index (χ1) is 14.0. The molecule has 1 aliphatic rings. The highest BCUT2D eigenvalue weighted by Crippen LogP contribution is 2.42. The van der Waals surface area contributed by atoms with E-state index in [1.165, 1.54) is 35.2 Å². The predicted octanol–water partition coefficient (Wildman–Crippen LogP) is 5.11. The van der Waals surface area contributed by atoms with E-state index in [0.717, 1.165) is 0 Å². The molecule has 0 radical (unpaired) electrons. The zero-order valence-electron chi connectivity index (χ0n) is 15.0. The largest absolute Gasteiger partial charge is 0.507 e. The maximum absolute atomic E-state index is 14.7. The number of benzene rings is 3. The number of carbonyl (C=O) groups excluding carboxylic acids is 2. The fourth-order valence-corrected chi connectivity index (χ4v) is 3.57. The van der Waals surface area contributed by atoms with Crippen LogP contribution in [0.4, 0.5) is 10.1 Å². The molecule has 1 N–H and O–H groups in total. The molecule has 0 unspecified atom stereocenters. The number of aliphatic hydroxyl groups excluding tert-OH is 1. The Morgan fingerprint density at radius 1 is 0.897 bits per heavy atom. The van der Waals surface area contributed by atoms with Crippen LogP contribution in [0.15, 0.2) is 84.4 Å². The Morgan fingerprint density at radius 2 is 1.52 bits per heavy atom. The smallest absolute Gasteiger partial charge is 0.300 e. The fraction of sp³-hybridized carbons (Fsp3) is 0.0435. The Kier molecular flexibility index (Phi) is 4.91. The van der Waals surface area contributed by atoms with Crippen molar-refractivity contribution in [3.8, 4) is 0 Å². The van der Waals surface area contributed by atoms with Gasteiger partial charge in [0, 0.05) is 21.8 Å². The molecule has 1 heterocycles. The molecule has 0 saturated carbocycles. The van der Waals surface area contributed by atoms with Crippen molar-refractivity contribution in [1.82, 2.24) is 0 Å². The molecular weight excluding hydrogens is 393 g/mol. The Bertz CT molecular complexity index is 1130. The van der Waals surface area contributed by atoms with Gasteiger partial charge in [-0.05, 0) is 42.5 Å². The van der Waals surface area contributed by atoms with Crippen LogP contribution in [0.1, 0.15) is 17.2 Å². The van der Waals surface area contributed by atoms with E-state index in [1.54, 1.807) is 48.5 Å². The average molecular weight is 408 g/mol. The van der Waals surface area contributed by atoms with Crippen molar-refractivity contribution in [2.75, 3.05) is 4.90 Å². The number of amides is 1. The van der Waals surface area contributed by atoms with E-state index < -0.39 is 23.5 Å². The van der Waals surface area contributed by atoms with Crippen molar-refractivity contribution in [3.63, 3.8) is 0 Å². The van der Waals surface area contributed by atoms with Crippen molar-refractivity contribution >= 4 is 34.7 Å². The van der Waals surface area contributed by atoms with Crippen LogP contribution in [-0.2, 0) is 9.59 Å².